The SMILES string of the molecule is CC(=O)c1ccc(NC(=O)Cn2c(=O)n(CCc3ccccc3)c(=O)c3c4c(sc32)CCCC4)cc1. The monoisotopic (exact) mass is 501 g/mol. The number of carbonyl (C=O) groups is 2. The van der Waals surface area contributed by atoms with Gasteiger partial charge < -0.3 is 5.32 Å². The number of fused-ring (bicyclic) bond motifs is 3. The zero-order valence-corrected chi connectivity index (χ0v) is 20.9. The molecule has 2 aromatic heterocycles. The molecule has 2 aromatic carbocycles. The van der Waals surface area contributed by atoms with Gasteiger partial charge in [0, 0.05) is 22.7 Å². The van der Waals surface area contributed by atoms with Crippen LogP contribution in [0.3, 0.4) is 0 Å². The molecule has 0 spiro atoms. The Morgan fingerprint density at radius 2 is 1.67 bits per heavy atom. The summed E-state index contributed by atoms with van der Waals surface area (Å²) in [6, 6.07) is 16.4. The van der Waals surface area contributed by atoms with E-state index >= 15 is 0 Å². The van der Waals surface area contributed by atoms with Gasteiger partial charge in [-0.25, -0.2) is 4.79 Å². The Balaban J connectivity index is 1.52. The quantitative estimate of drug-likeness (QED) is 0.385. The van der Waals surface area contributed by atoms with Gasteiger partial charge in [0.25, 0.3) is 5.56 Å². The molecule has 0 atom stereocenters. The summed E-state index contributed by atoms with van der Waals surface area (Å²) in [6.07, 6.45) is 4.32. The fourth-order valence-corrected chi connectivity index (χ4v) is 6.14. The van der Waals surface area contributed by atoms with Gasteiger partial charge in [-0.1, -0.05) is 30.3 Å². The van der Waals surface area contributed by atoms with Gasteiger partial charge >= 0.3 is 5.69 Å². The van der Waals surface area contributed by atoms with Gasteiger partial charge in [0.05, 0.1) is 5.39 Å². The van der Waals surface area contributed by atoms with E-state index in [9.17, 15) is 19.2 Å². The number of benzene rings is 2. The number of thiophene rings is 1. The Kier molecular flexibility index (Phi) is 6.69. The van der Waals surface area contributed by atoms with Crippen molar-refractivity contribution in [2.75, 3.05) is 5.32 Å². The topological polar surface area (TPSA) is 90.2 Å². The summed E-state index contributed by atoms with van der Waals surface area (Å²) in [5.74, 6) is -0.421. The summed E-state index contributed by atoms with van der Waals surface area (Å²) in [7, 11) is 0. The highest BCUT2D eigenvalue weighted by Gasteiger charge is 2.24. The van der Waals surface area contributed by atoms with Gasteiger partial charge in [0.1, 0.15) is 11.4 Å². The molecule has 184 valence electrons. The van der Waals surface area contributed by atoms with Gasteiger partial charge in [-0.05, 0) is 74.4 Å². The van der Waals surface area contributed by atoms with E-state index in [4.69, 9.17) is 0 Å². The second-order valence-corrected chi connectivity index (χ2v) is 10.2. The zero-order valence-electron chi connectivity index (χ0n) is 20.1. The van der Waals surface area contributed by atoms with Crippen molar-refractivity contribution in [3.8, 4) is 0 Å². The van der Waals surface area contributed by atoms with E-state index < -0.39 is 5.69 Å². The first-order chi connectivity index (χ1) is 17.4. The van der Waals surface area contributed by atoms with E-state index in [-0.39, 0.29) is 30.3 Å². The van der Waals surface area contributed by atoms with E-state index in [1.165, 1.54) is 27.4 Å². The molecule has 8 heteroatoms. The molecule has 0 unspecified atom stereocenters. The maximum atomic E-state index is 13.6. The van der Waals surface area contributed by atoms with Crippen LogP contribution < -0.4 is 16.6 Å². The van der Waals surface area contributed by atoms with E-state index in [1.807, 2.05) is 30.3 Å². The Morgan fingerprint density at radius 3 is 2.39 bits per heavy atom. The maximum Gasteiger partial charge on any atom is 0.332 e. The molecule has 0 saturated heterocycles. The summed E-state index contributed by atoms with van der Waals surface area (Å²) >= 11 is 1.46. The highest BCUT2D eigenvalue weighted by molar-refractivity contribution is 7.18. The maximum absolute atomic E-state index is 13.6. The molecule has 36 heavy (non-hydrogen) atoms. The summed E-state index contributed by atoms with van der Waals surface area (Å²) in [5.41, 5.74) is 2.44. The minimum Gasteiger partial charge on any atom is -0.325 e. The largest absolute Gasteiger partial charge is 0.332 e. The van der Waals surface area contributed by atoms with Crippen LogP contribution in [0.2, 0.25) is 0 Å². The molecule has 1 aliphatic rings. The van der Waals surface area contributed by atoms with Crippen molar-refractivity contribution in [1.82, 2.24) is 9.13 Å². The van der Waals surface area contributed by atoms with Gasteiger partial charge in [-0.15, -0.1) is 11.3 Å². The molecule has 0 radical (unpaired) electrons. The van der Waals surface area contributed by atoms with Crippen LogP contribution in [-0.2, 0) is 37.1 Å². The first-order valence-electron chi connectivity index (χ1n) is 12.1. The van der Waals surface area contributed by atoms with Gasteiger partial charge in [-0.3, -0.25) is 23.5 Å². The number of nitrogens with zero attached hydrogens (tertiary/aromatic N) is 2. The lowest BCUT2D eigenvalue weighted by Gasteiger charge is -2.14. The number of carbonyl (C=O) groups excluding carboxylic acids is 2. The van der Waals surface area contributed by atoms with Crippen LogP contribution in [0.5, 0.6) is 0 Å². The lowest BCUT2D eigenvalue weighted by atomic mass is 9.97. The second kappa shape index (κ2) is 10.1. The molecule has 1 N–H and O–H groups in total. The minimum atomic E-state index is -0.468. The number of aryl methyl sites for hydroxylation is 3. The summed E-state index contributed by atoms with van der Waals surface area (Å²) in [4.78, 5) is 53.3. The Labute approximate surface area is 212 Å². The molecule has 0 fully saturated rings. The minimum absolute atomic E-state index is 0.0544. The molecule has 0 bridgehead atoms. The summed E-state index contributed by atoms with van der Waals surface area (Å²) < 4.78 is 2.73. The van der Waals surface area contributed by atoms with Gasteiger partial charge in [0.2, 0.25) is 5.91 Å². The number of rotatable bonds is 7. The summed E-state index contributed by atoms with van der Waals surface area (Å²) in [6.45, 7) is 1.53. The Hall–Kier alpha value is -3.78. The fraction of sp³-hybridized carbons (Fsp3) is 0.286. The average molecular weight is 502 g/mol. The normalized spacial score (nSPS) is 12.9. The molecule has 5 rings (SSSR count). The van der Waals surface area contributed by atoms with E-state index in [1.54, 1.807) is 24.3 Å². The van der Waals surface area contributed by atoms with Crippen LogP contribution in [0.25, 0.3) is 10.2 Å². The van der Waals surface area contributed by atoms with E-state index in [2.05, 4.69) is 5.32 Å². The van der Waals surface area contributed by atoms with Gasteiger partial charge in [-0.2, -0.15) is 0 Å². The van der Waals surface area contributed by atoms with Crippen molar-refractivity contribution in [3.05, 3.63) is 97.0 Å². The number of aromatic nitrogens is 2. The molecule has 7 nitrogen and oxygen atoms in total. The molecule has 0 saturated carbocycles. The fourth-order valence-electron chi connectivity index (χ4n) is 4.77. The molecular weight excluding hydrogens is 474 g/mol. The molecular formula is C28H27N3O4S. The third-order valence-electron chi connectivity index (χ3n) is 6.66. The predicted molar refractivity (Wildman–Crippen MR) is 142 cm³/mol. The molecule has 1 aliphatic carbocycles. The number of hydrogen-bond donors (Lipinski definition) is 1. The van der Waals surface area contributed by atoms with Crippen molar-refractivity contribution in [3.63, 3.8) is 0 Å². The predicted octanol–water partition coefficient (Wildman–Crippen LogP) is 4.19. The second-order valence-electron chi connectivity index (χ2n) is 9.13. The number of Topliss-reactive ketones (excluding diaryl/α,β-unsaturated/α-hetero) is 1. The number of ketones is 1. The third kappa shape index (κ3) is 4.68. The first-order valence-corrected chi connectivity index (χ1v) is 13.0. The van der Waals surface area contributed by atoms with Crippen molar-refractivity contribution < 1.29 is 9.59 Å². The molecule has 4 aromatic rings. The highest BCUT2D eigenvalue weighted by Crippen LogP contribution is 2.34. The smallest absolute Gasteiger partial charge is 0.325 e. The summed E-state index contributed by atoms with van der Waals surface area (Å²) in [5, 5.41) is 3.39. The Morgan fingerprint density at radius 1 is 0.944 bits per heavy atom. The molecule has 0 aliphatic heterocycles. The number of anilines is 1. The number of amides is 1. The van der Waals surface area contributed by atoms with Crippen LogP contribution >= 0.6 is 11.3 Å². The number of nitrogens with one attached hydrogen (secondary N) is 1. The van der Waals surface area contributed by atoms with E-state index in [0.29, 0.717) is 27.9 Å². The van der Waals surface area contributed by atoms with Crippen molar-refractivity contribution >= 4 is 38.9 Å². The van der Waals surface area contributed by atoms with Crippen LogP contribution in [-0.4, -0.2) is 20.8 Å². The highest BCUT2D eigenvalue weighted by atomic mass is 32.1. The van der Waals surface area contributed by atoms with Crippen LogP contribution in [0.1, 0.15) is 46.1 Å². The van der Waals surface area contributed by atoms with Crippen molar-refractivity contribution in [2.45, 2.75) is 52.1 Å². The van der Waals surface area contributed by atoms with Gasteiger partial charge in [0.15, 0.2) is 5.78 Å². The average Bonchev–Trinajstić information content (AvgIpc) is 3.27. The van der Waals surface area contributed by atoms with Crippen molar-refractivity contribution in [1.29, 1.82) is 0 Å². The Bertz CT molecular complexity index is 1560. The zero-order chi connectivity index (χ0) is 25.2. The number of hydrogen-bond acceptors (Lipinski definition) is 5. The van der Waals surface area contributed by atoms with Crippen LogP contribution in [0.15, 0.2) is 64.2 Å². The molecule has 1 amide bonds. The third-order valence-corrected chi connectivity index (χ3v) is 7.98. The lowest BCUT2D eigenvalue weighted by molar-refractivity contribution is -0.116. The standard InChI is InChI=1S/C28H27N3O4S/c1-18(32)20-11-13-21(14-12-20)29-24(33)17-31-27-25(22-9-5-6-10-23(22)36-27)26(34)30(28(31)35)16-15-19-7-3-2-4-8-19/h2-4,7-8,11-14H,5-6,9-10,15-17H2,1H3,(H,29,33). The molecule has 2 heterocycles. The first kappa shape index (κ1) is 23.9. The van der Waals surface area contributed by atoms with E-state index in [0.717, 1.165) is 41.7 Å². The van der Waals surface area contributed by atoms with Crippen LogP contribution in [0.4, 0.5) is 5.69 Å². The lowest BCUT2D eigenvalue weighted by Crippen LogP contribution is -2.42. The van der Waals surface area contributed by atoms with Crippen LogP contribution in [0, 0.1) is 0 Å². The van der Waals surface area contributed by atoms with Crippen molar-refractivity contribution in [2.24, 2.45) is 0 Å².